The van der Waals surface area contributed by atoms with Gasteiger partial charge in [0.1, 0.15) is 0 Å². The fourth-order valence-electron chi connectivity index (χ4n) is 0.815. The Morgan fingerprint density at radius 1 is 1.36 bits per heavy atom. The summed E-state index contributed by atoms with van der Waals surface area (Å²) in [6.45, 7) is 6.71. The zero-order chi connectivity index (χ0) is 11.0. The molecule has 0 aliphatic heterocycles. The molecule has 0 radical (unpaired) electrons. The van der Waals surface area contributed by atoms with Crippen LogP contribution in [0.3, 0.4) is 0 Å². The Morgan fingerprint density at radius 2 is 2.00 bits per heavy atom. The van der Waals surface area contributed by atoms with Crippen LogP contribution in [-0.2, 0) is 21.3 Å². The van der Waals surface area contributed by atoms with E-state index < -0.39 is 0 Å². The molecule has 1 aromatic carbocycles. The third-order valence-corrected chi connectivity index (χ3v) is 2.76. The summed E-state index contributed by atoms with van der Waals surface area (Å²) in [5, 5.41) is 0. The molecule has 0 N–H and O–H groups in total. The van der Waals surface area contributed by atoms with Gasteiger partial charge in [0.15, 0.2) is 0 Å². The summed E-state index contributed by atoms with van der Waals surface area (Å²) in [6, 6.07) is 11.4. The summed E-state index contributed by atoms with van der Waals surface area (Å²) in [4.78, 5) is 0. The van der Waals surface area contributed by atoms with Gasteiger partial charge >= 0.3 is 35.1 Å². The molecule has 0 heterocycles. The molecule has 0 aliphatic rings. The van der Waals surface area contributed by atoms with Crippen LogP contribution in [0.5, 0.6) is 0 Å². The summed E-state index contributed by atoms with van der Waals surface area (Å²) in [5.41, 5.74) is 1.29. The predicted molar refractivity (Wildman–Crippen MR) is 70.3 cm³/mol. The molecule has 0 saturated heterocycles. The van der Waals surface area contributed by atoms with Crippen LogP contribution in [0.25, 0.3) is 0 Å². The topological polar surface area (TPSA) is 0 Å². The molecule has 3 heteroatoms. The fraction of sp³-hybridized carbons (Fsp3) is 0.455. The van der Waals surface area contributed by atoms with Gasteiger partial charge in [-0.05, 0) is 5.75 Å². The SMILES string of the molecule is CC(C)(C)SCc1[c-]cccc1.[Pd+][I]. The van der Waals surface area contributed by atoms with Crippen LogP contribution in [0.1, 0.15) is 26.3 Å². The first-order valence-corrected chi connectivity index (χ1v) is 9.90. The van der Waals surface area contributed by atoms with Crippen molar-refractivity contribution >= 4 is 31.3 Å². The minimum atomic E-state index is 0.351. The van der Waals surface area contributed by atoms with E-state index in [0.29, 0.717) is 4.75 Å². The number of hydrogen-bond acceptors (Lipinski definition) is 1. The van der Waals surface area contributed by atoms with E-state index in [4.69, 9.17) is 0 Å². The summed E-state index contributed by atoms with van der Waals surface area (Å²) in [5.74, 6) is 1.06. The molecule has 0 saturated carbocycles. The van der Waals surface area contributed by atoms with Crippen LogP contribution in [0.4, 0.5) is 0 Å². The van der Waals surface area contributed by atoms with Crippen molar-refractivity contribution in [2.24, 2.45) is 0 Å². The van der Waals surface area contributed by atoms with Crippen LogP contribution < -0.4 is 0 Å². The second-order valence-corrected chi connectivity index (χ2v) is 5.59. The maximum absolute atomic E-state index is 3.22. The van der Waals surface area contributed by atoms with Gasteiger partial charge in [-0.1, -0.05) is 20.8 Å². The second-order valence-electron chi connectivity index (χ2n) is 3.79. The van der Waals surface area contributed by atoms with Crippen molar-refractivity contribution in [3.63, 3.8) is 0 Å². The Labute approximate surface area is 113 Å². The molecule has 0 bridgehead atoms. The number of benzene rings is 1. The summed E-state index contributed by atoms with van der Waals surface area (Å²) in [6.07, 6.45) is 0. The van der Waals surface area contributed by atoms with E-state index in [0.717, 1.165) is 5.75 Å². The molecule has 0 spiro atoms. The van der Waals surface area contributed by atoms with E-state index in [9.17, 15) is 0 Å². The normalized spacial score (nSPS) is 10.4. The van der Waals surface area contributed by atoms with Crippen molar-refractivity contribution < 1.29 is 15.6 Å². The van der Waals surface area contributed by atoms with Gasteiger partial charge in [0.05, 0.1) is 0 Å². The summed E-state index contributed by atoms with van der Waals surface area (Å²) >= 11 is 6.68. The van der Waals surface area contributed by atoms with Gasteiger partial charge < -0.3 is 0 Å². The molecule has 0 aliphatic carbocycles. The van der Waals surface area contributed by atoms with Gasteiger partial charge in [0, 0.05) is 4.75 Å². The van der Waals surface area contributed by atoms with Gasteiger partial charge in [-0.2, -0.15) is 47.7 Å². The van der Waals surface area contributed by atoms with E-state index in [1.807, 2.05) is 43.4 Å². The van der Waals surface area contributed by atoms with Crippen molar-refractivity contribution in [2.45, 2.75) is 31.3 Å². The second kappa shape index (κ2) is 8.15. The van der Waals surface area contributed by atoms with Gasteiger partial charge in [-0.25, -0.2) is 0 Å². The molecular formula is C11H15IPdS. The van der Waals surface area contributed by atoms with E-state index in [1.165, 1.54) is 5.56 Å². The van der Waals surface area contributed by atoms with Gasteiger partial charge in [0.2, 0.25) is 0 Å². The Bertz CT molecular complexity index is 231. The van der Waals surface area contributed by atoms with Crippen LogP contribution in [0.15, 0.2) is 24.3 Å². The molecule has 82 valence electrons. The first-order valence-electron chi connectivity index (χ1n) is 4.29. The number of halogens is 1. The Balaban J connectivity index is 0.000000791. The number of hydrogen-bond donors (Lipinski definition) is 0. The standard InChI is InChI=1S/C11H15S.HI.Pd/c1-11(2,3)12-9-10-7-5-4-6-8-10;;/h4-7H,9H2,1-3H3;1H;/q-1;;+2/p-1. The molecule has 0 nitrogen and oxygen atoms in total. The number of thioether (sulfide) groups is 1. The van der Waals surface area contributed by atoms with Crippen molar-refractivity contribution in [3.8, 4) is 0 Å². The van der Waals surface area contributed by atoms with E-state index in [1.54, 1.807) is 0 Å². The molecule has 1 aromatic rings. The first-order chi connectivity index (χ1) is 6.58. The zero-order valence-electron chi connectivity index (χ0n) is 8.62. The predicted octanol–water partition coefficient (Wildman–Crippen LogP) is 4.40. The molecule has 14 heavy (non-hydrogen) atoms. The first kappa shape index (κ1) is 15.0. The summed E-state index contributed by atoms with van der Waals surface area (Å²) < 4.78 is 0.351. The van der Waals surface area contributed by atoms with E-state index in [2.05, 4.69) is 54.6 Å². The Hall–Kier alpha value is 0.962. The minimum absolute atomic E-state index is 0.351. The summed E-state index contributed by atoms with van der Waals surface area (Å²) in [7, 11) is 0. The van der Waals surface area contributed by atoms with Crippen LogP contribution in [0, 0.1) is 6.07 Å². The van der Waals surface area contributed by atoms with Crippen LogP contribution in [0.2, 0.25) is 0 Å². The van der Waals surface area contributed by atoms with Crippen molar-refractivity contribution in [1.82, 2.24) is 0 Å². The molecule has 0 amide bonds. The average molecular weight is 413 g/mol. The van der Waals surface area contributed by atoms with Crippen LogP contribution >= 0.6 is 31.3 Å². The van der Waals surface area contributed by atoms with Gasteiger partial charge in [-0.3, -0.25) is 0 Å². The van der Waals surface area contributed by atoms with Crippen LogP contribution in [-0.4, -0.2) is 4.75 Å². The molecular weight excluding hydrogens is 398 g/mol. The van der Waals surface area contributed by atoms with E-state index >= 15 is 0 Å². The van der Waals surface area contributed by atoms with Gasteiger partial charge in [-0.15, -0.1) is 0 Å². The Morgan fingerprint density at radius 3 is 2.43 bits per heavy atom. The van der Waals surface area contributed by atoms with E-state index in [-0.39, 0.29) is 0 Å². The zero-order valence-corrected chi connectivity index (χ0v) is 13.1. The van der Waals surface area contributed by atoms with Crippen molar-refractivity contribution in [3.05, 3.63) is 35.9 Å². The van der Waals surface area contributed by atoms with Crippen molar-refractivity contribution in [1.29, 1.82) is 0 Å². The monoisotopic (exact) mass is 412 g/mol. The Kier molecular flexibility index (Phi) is 8.71. The maximum atomic E-state index is 3.22. The average Bonchev–Trinajstić information content (AvgIpc) is 2.19. The molecule has 0 aromatic heterocycles. The van der Waals surface area contributed by atoms with Crippen molar-refractivity contribution in [2.75, 3.05) is 0 Å². The number of rotatable bonds is 2. The quantitative estimate of drug-likeness (QED) is 0.394. The third kappa shape index (κ3) is 8.29. The molecule has 0 fully saturated rings. The molecule has 1 rings (SSSR count). The molecule has 0 unspecified atom stereocenters. The third-order valence-electron chi connectivity index (χ3n) is 1.43. The van der Waals surface area contributed by atoms with Gasteiger partial charge in [0.25, 0.3) is 0 Å². The fourth-order valence-corrected chi connectivity index (χ4v) is 1.58. The molecule has 0 atom stereocenters.